The van der Waals surface area contributed by atoms with Crippen molar-refractivity contribution in [2.24, 2.45) is 0 Å². The van der Waals surface area contributed by atoms with Crippen molar-refractivity contribution in [3.05, 3.63) is 36.3 Å². The van der Waals surface area contributed by atoms with Crippen molar-refractivity contribution in [1.82, 2.24) is 14.8 Å². The maximum Gasteiger partial charge on any atom is 0.0928 e. The van der Waals surface area contributed by atoms with E-state index in [4.69, 9.17) is 7.48 Å². The summed E-state index contributed by atoms with van der Waals surface area (Å²) >= 11 is 0. The second kappa shape index (κ2) is 3.47. The van der Waals surface area contributed by atoms with Crippen LogP contribution >= 0.6 is 0 Å². The van der Waals surface area contributed by atoms with Gasteiger partial charge in [0.2, 0.25) is 0 Å². The molecule has 2 aromatic heterocycles. The molecule has 0 saturated carbocycles. The highest BCUT2D eigenvalue weighted by Crippen LogP contribution is 2.20. The van der Waals surface area contributed by atoms with E-state index >= 15 is 0 Å². The lowest BCUT2D eigenvalue weighted by Gasteiger charge is -2.12. The van der Waals surface area contributed by atoms with Crippen LogP contribution in [0.15, 0.2) is 30.6 Å². The van der Waals surface area contributed by atoms with Gasteiger partial charge in [0.25, 0.3) is 0 Å². The molecule has 0 bridgehead atoms. The highest BCUT2D eigenvalue weighted by Gasteiger charge is 2.12. The molecule has 4 nitrogen and oxygen atoms in total. The molecule has 1 aliphatic heterocycles. The molecule has 76 valence electrons. The first-order valence-corrected chi connectivity index (χ1v) is 4.74. The second-order valence-corrected chi connectivity index (χ2v) is 3.32. The van der Waals surface area contributed by atoms with Gasteiger partial charge in [-0.05, 0) is 18.2 Å². The SMILES string of the molecule is [2H]C1([2H])COCc2cc(-c3ccncc3)nn21. The summed E-state index contributed by atoms with van der Waals surface area (Å²) in [7, 11) is 0. The maximum absolute atomic E-state index is 7.81. The van der Waals surface area contributed by atoms with E-state index in [1.54, 1.807) is 12.4 Å². The molecular formula is C11H11N3O. The first kappa shape index (κ1) is 6.74. The van der Waals surface area contributed by atoms with Gasteiger partial charge in [0.1, 0.15) is 0 Å². The molecule has 0 N–H and O–H groups in total. The lowest BCUT2D eigenvalue weighted by atomic mass is 10.2. The van der Waals surface area contributed by atoms with Crippen LogP contribution in [0.5, 0.6) is 0 Å². The Hall–Kier alpha value is -1.68. The smallest absolute Gasteiger partial charge is 0.0928 e. The number of pyridine rings is 1. The van der Waals surface area contributed by atoms with Crippen molar-refractivity contribution in [3.63, 3.8) is 0 Å². The van der Waals surface area contributed by atoms with Gasteiger partial charge >= 0.3 is 0 Å². The summed E-state index contributed by atoms with van der Waals surface area (Å²) in [6, 6.07) is 5.56. The Kier molecular flexibility index (Phi) is 1.56. The summed E-state index contributed by atoms with van der Waals surface area (Å²) in [5.41, 5.74) is 2.43. The summed E-state index contributed by atoms with van der Waals surface area (Å²) in [4.78, 5) is 3.95. The molecule has 0 unspecified atom stereocenters. The quantitative estimate of drug-likeness (QED) is 0.704. The van der Waals surface area contributed by atoms with Gasteiger partial charge in [0.05, 0.1) is 33.8 Å². The van der Waals surface area contributed by atoms with Crippen molar-refractivity contribution in [2.45, 2.75) is 13.1 Å². The van der Waals surface area contributed by atoms with Crippen molar-refractivity contribution in [1.29, 1.82) is 0 Å². The first-order chi connectivity index (χ1) is 8.17. The average Bonchev–Trinajstić information content (AvgIpc) is 2.75. The number of fused-ring (bicyclic) bond motifs is 1. The molecule has 0 saturated heterocycles. The third-order valence-electron chi connectivity index (χ3n) is 2.33. The van der Waals surface area contributed by atoms with E-state index in [0.29, 0.717) is 6.61 Å². The van der Waals surface area contributed by atoms with Crippen molar-refractivity contribution in [2.75, 3.05) is 6.61 Å². The number of aromatic nitrogens is 3. The van der Waals surface area contributed by atoms with Crippen molar-refractivity contribution in [3.8, 4) is 11.3 Å². The summed E-state index contributed by atoms with van der Waals surface area (Å²) in [6.07, 6.45) is 3.39. The van der Waals surface area contributed by atoms with Gasteiger partial charge in [-0.3, -0.25) is 9.67 Å². The first-order valence-electron chi connectivity index (χ1n) is 5.74. The average molecular weight is 203 g/mol. The molecule has 15 heavy (non-hydrogen) atoms. The monoisotopic (exact) mass is 203 g/mol. The van der Waals surface area contributed by atoms with Crippen LogP contribution in [0.2, 0.25) is 0 Å². The van der Waals surface area contributed by atoms with E-state index in [2.05, 4.69) is 10.1 Å². The van der Waals surface area contributed by atoms with Crippen LogP contribution in [-0.2, 0) is 17.8 Å². The van der Waals surface area contributed by atoms with Gasteiger partial charge in [-0.25, -0.2) is 0 Å². The second-order valence-electron chi connectivity index (χ2n) is 3.32. The number of hydrogen-bond donors (Lipinski definition) is 0. The predicted octanol–water partition coefficient (Wildman–Crippen LogP) is 1.48. The molecule has 0 amide bonds. The molecule has 3 heterocycles. The molecule has 0 fully saturated rings. The Morgan fingerprint density at radius 2 is 2.27 bits per heavy atom. The molecule has 0 atom stereocenters. The molecule has 0 aromatic carbocycles. The third kappa shape index (κ3) is 1.53. The molecular weight excluding hydrogens is 190 g/mol. The van der Waals surface area contributed by atoms with E-state index in [0.717, 1.165) is 17.0 Å². The number of rotatable bonds is 1. The van der Waals surface area contributed by atoms with Gasteiger partial charge in [-0.15, -0.1) is 0 Å². The molecule has 2 aromatic rings. The van der Waals surface area contributed by atoms with Crippen molar-refractivity contribution < 1.29 is 7.48 Å². The zero-order chi connectivity index (χ0) is 11.9. The minimum absolute atomic E-state index is 0.0392. The minimum atomic E-state index is -1.57. The van der Waals surface area contributed by atoms with E-state index < -0.39 is 6.50 Å². The minimum Gasteiger partial charge on any atom is -0.373 e. The summed E-state index contributed by atoms with van der Waals surface area (Å²) in [5, 5.41) is 4.31. The van der Waals surface area contributed by atoms with Gasteiger partial charge in [0, 0.05) is 18.0 Å². The van der Waals surface area contributed by atoms with E-state index in [1.165, 1.54) is 4.68 Å². The fourth-order valence-electron chi connectivity index (χ4n) is 1.59. The maximum atomic E-state index is 7.81. The van der Waals surface area contributed by atoms with Crippen molar-refractivity contribution >= 4 is 0 Å². The molecule has 4 heteroatoms. The van der Waals surface area contributed by atoms with Crippen LogP contribution in [0.3, 0.4) is 0 Å². The predicted molar refractivity (Wildman–Crippen MR) is 55.1 cm³/mol. The van der Waals surface area contributed by atoms with E-state index in [-0.39, 0.29) is 6.61 Å². The van der Waals surface area contributed by atoms with Gasteiger partial charge in [-0.1, -0.05) is 0 Å². The highest BCUT2D eigenvalue weighted by molar-refractivity contribution is 5.58. The molecule has 0 aliphatic carbocycles. The van der Waals surface area contributed by atoms with Gasteiger partial charge < -0.3 is 4.74 Å². The fraction of sp³-hybridized carbons (Fsp3) is 0.273. The lowest BCUT2D eigenvalue weighted by molar-refractivity contribution is 0.0801. The van der Waals surface area contributed by atoms with Crippen LogP contribution in [0.25, 0.3) is 11.3 Å². The highest BCUT2D eigenvalue weighted by atomic mass is 16.5. The Morgan fingerprint density at radius 3 is 3.07 bits per heavy atom. The zero-order valence-electron chi connectivity index (χ0n) is 10.1. The molecule has 0 radical (unpaired) electrons. The largest absolute Gasteiger partial charge is 0.373 e. The normalized spacial score (nSPS) is 20.3. The summed E-state index contributed by atoms with van der Waals surface area (Å²) in [6.45, 7) is -1.13. The standard InChI is InChI=1S/C11H11N3O/c1-3-12-4-2-9(1)11-7-10-8-15-6-5-14(10)13-11/h1-4,7H,5-6,8H2/i5D2. The van der Waals surface area contributed by atoms with E-state index in [1.807, 2.05) is 18.2 Å². The van der Waals surface area contributed by atoms with Crippen LogP contribution in [0, 0.1) is 0 Å². The van der Waals surface area contributed by atoms with Gasteiger partial charge in [-0.2, -0.15) is 5.10 Å². The third-order valence-corrected chi connectivity index (χ3v) is 2.33. The van der Waals surface area contributed by atoms with Gasteiger partial charge in [0.15, 0.2) is 0 Å². The Balaban J connectivity index is 2.08. The zero-order valence-corrected chi connectivity index (χ0v) is 8.05. The van der Waals surface area contributed by atoms with E-state index in [9.17, 15) is 0 Å². The van der Waals surface area contributed by atoms with Crippen LogP contribution in [0.4, 0.5) is 0 Å². The molecule has 1 aliphatic rings. The molecule has 3 rings (SSSR count). The number of nitrogens with zero attached hydrogens (tertiary/aromatic N) is 3. The Labute approximate surface area is 90.3 Å². The Morgan fingerprint density at radius 1 is 1.40 bits per heavy atom. The fourth-order valence-corrected chi connectivity index (χ4v) is 1.59. The summed E-state index contributed by atoms with van der Waals surface area (Å²) in [5.74, 6) is 0. The number of ether oxygens (including phenoxy) is 1. The van der Waals surface area contributed by atoms with Crippen LogP contribution in [-0.4, -0.2) is 21.4 Å². The topological polar surface area (TPSA) is 39.9 Å². The molecule has 0 spiro atoms. The number of hydrogen-bond acceptors (Lipinski definition) is 3. The van der Waals surface area contributed by atoms with Crippen LogP contribution in [0.1, 0.15) is 8.44 Å². The van der Waals surface area contributed by atoms with Crippen LogP contribution < -0.4 is 0 Å². The lowest BCUT2D eigenvalue weighted by Crippen LogP contribution is -2.16. The Bertz CT molecular complexity index is 539. The summed E-state index contributed by atoms with van der Waals surface area (Å²) < 4.78 is 22.2.